The third-order valence-electron chi connectivity index (χ3n) is 4.87. The number of anilines is 1. The standard InChI is InChI=1S/C26H21FN2O6/c1-16-9-17(2)11-23(10-16)34-24-13-19(12-20(14-24)29(31)32)28-26(30)25-8-7-22(35-25)15-33-21-5-3-18(27)4-6-21/h3-14H,15H2,1-2H3,(H,28,30). The maximum absolute atomic E-state index is 13.0. The van der Waals surface area contributed by atoms with E-state index >= 15 is 0 Å². The van der Waals surface area contributed by atoms with Crippen LogP contribution in [0.4, 0.5) is 15.8 Å². The highest BCUT2D eigenvalue weighted by Crippen LogP contribution is 2.31. The normalized spacial score (nSPS) is 10.6. The molecule has 3 aromatic carbocycles. The van der Waals surface area contributed by atoms with E-state index in [0.29, 0.717) is 17.3 Å². The van der Waals surface area contributed by atoms with Gasteiger partial charge in [0, 0.05) is 12.1 Å². The van der Waals surface area contributed by atoms with Crippen LogP contribution in [0.3, 0.4) is 0 Å². The number of nitrogens with one attached hydrogen (secondary N) is 1. The predicted molar refractivity (Wildman–Crippen MR) is 126 cm³/mol. The predicted octanol–water partition coefficient (Wildman–Crippen LogP) is 6.57. The molecule has 1 aromatic heterocycles. The van der Waals surface area contributed by atoms with Gasteiger partial charge in [0.1, 0.15) is 35.4 Å². The van der Waals surface area contributed by atoms with Gasteiger partial charge >= 0.3 is 0 Å². The Morgan fingerprint density at radius 2 is 1.63 bits per heavy atom. The fourth-order valence-electron chi connectivity index (χ4n) is 3.40. The van der Waals surface area contributed by atoms with Crippen LogP contribution < -0.4 is 14.8 Å². The maximum atomic E-state index is 13.0. The van der Waals surface area contributed by atoms with Crippen molar-refractivity contribution in [3.05, 3.63) is 111 Å². The van der Waals surface area contributed by atoms with Crippen molar-refractivity contribution < 1.29 is 28.0 Å². The minimum atomic E-state index is -0.601. The number of rotatable bonds is 8. The van der Waals surface area contributed by atoms with E-state index in [4.69, 9.17) is 13.9 Å². The van der Waals surface area contributed by atoms with Crippen molar-refractivity contribution in [2.24, 2.45) is 0 Å². The van der Waals surface area contributed by atoms with Crippen molar-refractivity contribution in [2.75, 3.05) is 5.32 Å². The van der Waals surface area contributed by atoms with Crippen LogP contribution in [0, 0.1) is 29.8 Å². The van der Waals surface area contributed by atoms with Crippen molar-refractivity contribution in [3.63, 3.8) is 0 Å². The highest BCUT2D eigenvalue weighted by Gasteiger charge is 2.16. The van der Waals surface area contributed by atoms with Gasteiger partial charge in [-0.05, 0) is 73.5 Å². The van der Waals surface area contributed by atoms with Crippen LogP contribution in [0.25, 0.3) is 0 Å². The molecule has 4 rings (SSSR count). The molecule has 0 aliphatic carbocycles. The van der Waals surface area contributed by atoms with Gasteiger partial charge in [-0.2, -0.15) is 0 Å². The van der Waals surface area contributed by atoms with Crippen LogP contribution in [0.2, 0.25) is 0 Å². The summed E-state index contributed by atoms with van der Waals surface area (Å²) in [6.45, 7) is 3.87. The Labute approximate surface area is 200 Å². The van der Waals surface area contributed by atoms with Gasteiger partial charge in [-0.1, -0.05) is 6.07 Å². The molecule has 0 fully saturated rings. The van der Waals surface area contributed by atoms with Crippen LogP contribution in [0.5, 0.6) is 17.2 Å². The molecule has 0 spiro atoms. The Hall–Kier alpha value is -4.66. The zero-order valence-electron chi connectivity index (χ0n) is 18.9. The fourth-order valence-corrected chi connectivity index (χ4v) is 3.40. The molecular weight excluding hydrogens is 455 g/mol. The quantitative estimate of drug-likeness (QED) is 0.228. The van der Waals surface area contributed by atoms with Gasteiger partial charge in [0.25, 0.3) is 11.6 Å². The van der Waals surface area contributed by atoms with Crippen LogP contribution in [-0.2, 0) is 6.61 Å². The Morgan fingerprint density at radius 1 is 0.943 bits per heavy atom. The molecule has 0 aliphatic heterocycles. The van der Waals surface area contributed by atoms with Crippen LogP contribution in [-0.4, -0.2) is 10.8 Å². The Balaban J connectivity index is 1.47. The van der Waals surface area contributed by atoms with Gasteiger partial charge in [0.05, 0.1) is 16.7 Å². The molecule has 0 aliphatic rings. The maximum Gasteiger partial charge on any atom is 0.291 e. The van der Waals surface area contributed by atoms with Crippen molar-refractivity contribution in [1.29, 1.82) is 0 Å². The molecule has 0 saturated carbocycles. The number of ether oxygens (including phenoxy) is 2. The number of benzene rings is 3. The lowest BCUT2D eigenvalue weighted by Crippen LogP contribution is -2.11. The summed E-state index contributed by atoms with van der Waals surface area (Å²) >= 11 is 0. The van der Waals surface area contributed by atoms with Crippen LogP contribution in [0.15, 0.2) is 77.2 Å². The molecular formula is C26H21FN2O6. The lowest BCUT2D eigenvalue weighted by Gasteiger charge is -2.10. The Bertz CT molecular complexity index is 1360. The molecule has 9 heteroatoms. The third kappa shape index (κ3) is 6.23. The van der Waals surface area contributed by atoms with Crippen molar-refractivity contribution in [2.45, 2.75) is 20.5 Å². The van der Waals surface area contributed by atoms with E-state index in [2.05, 4.69) is 5.32 Å². The first-order chi connectivity index (χ1) is 16.7. The number of nitro groups is 1. The Kier molecular flexibility index (Phi) is 6.77. The van der Waals surface area contributed by atoms with Gasteiger partial charge in [-0.15, -0.1) is 0 Å². The summed E-state index contributed by atoms with van der Waals surface area (Å²) in [4.78, 5) is 23.5. The van der Waals surface area contributed by atoms with Gasteiger partial charge in [-0.3, -0.25) is 14.9 Å². The molecule has 0 saturated heterocycles. The summed E-state index contributed by atoms with van der Waals surface area (Å²) in [6.07, 6.45) is 0. The molecule has 0 atom stereocenters. The number of non-ortho nitro benzene ring substituents is 1. The van der Waals surface area contributed by atoms with Crippen LogP contribution in [0.1, 0.15) is 27.4 Å². The molecule has 1 N–H and O–H groups in total. The first-order valence-corrected chi connectivity index (χ1v) is 10.6. The largest absolute Gasteiger partial charge is 0.486 e. The summed E-state index contributed by atoms with van der Waals surface area (Å²) in [6, 6.07) is 18.1. The number of nitrogens with zero attached hydrogens (tertiary/aromatic N) is 1. The van der Waals surface area contributed by atoms with Gasteiger partial charge in [-0.25, -0.2) is 4.39 Å². The smallest absolute Gasteiger partial charge is 0.291 e. The minimum Gasteiger partial charge on any atom is -0.486 e. The SMILES string of the molecule is Cc1cc(C)cc(Oc2cc(NC(=O)c3ccc(COc4ccc(F)cc4)o3)cc([N+](=O)[O-])c2)c1. The van der Waals surface area contributed by atoms with E-state index in [1.807, 2.05) is 32.0 Å². The highest BCUT2D eigenvalue weighted by atomic mass is 19.1. The van der Waals surface area contributed by atoms with Gasteiger partial charge in [0.15, 0.2) is 5.76 Å². The number of amides is 1. The second-order valence-corrected chi connectivity index (χ2v) is 7.86. The average molecular weight is 476 g/mol. The molecule has 1 heterocycles. The molecule has 0 radical (unpaired) electrons. The second kappa shape index (κ2) is 10.1. The molecule has 1 amide bonds. The number of halogens is 1. The molecule has 178 valence electrons. The van der Waals surface area contributed by atoms with E-state index in [1.54, 1.807) is 6.07 Å². The average Bonchev–Trinajstić information content (AvgIpc) is 3.27. The first-order valence-electron chi connectivity index (χ1n) is 10.6. The zero-order valence-corrected chi connectivity index (χ0v) is 18.9. The summed E-state index contributed by atoms with van der Waals surface area (Å²) < 4.78 is 29.8. The molecule has 8 nitrogen and oxygen atoms in total. The topological polar surface area (TPSA) is 104 Å². The van der Waals surface area contributed by atoms with Gasteiger partial charge < -0.3 is 19.2 Å². The molecule has 35 heavy (non-hydrogen) atoms. The van der Waals surface area contributed by atoms with Crippen molar-refractivity contribution in [3.8, 4) is 17.2 Å². The number of aryl methyl sites for hydroxylation is 2. The molecule has 0 unspecified atom stereocenters. The summed E-state index contributed by atoms with van der Waals surface area (Å²) in [5.74, 6) is 0.559. The lowest BCUT2D eigenvalue weighted by atomic mass is 10.1. The third-order valence-corrected chi connectivity index (χ3v) is 4.87. The number of carbonyl (C=O) groups is 1. The molecule has 0 bridgehead atoms. The van der Waals surface area contributed by atoms with Crippen molar-refractivity contribution >= 4 is 17.3 Å². The van der Waals surface area contributed by atoms with E-state index in [0.717, 1.165) is 11.1 Å². The van der Waals surface area contributed by atoms with Crippen molar-refractivity contribution in [1.82, 2.24) is 0 Å². The number of furan rings is 1. The van der Waals surface area contributed by atoms with E-state index < -0.39 is 10.8 Å². The van der Waals surface area contributed by atoms with E-state index in [1.165, 1.54) is 48.5 Å². The zero-order chi connectivity index (χ0) is 24.9. The monoisotopic (exact) mass is 476 g/mol. The molecule has 4 aromatic rings. The van der Waals surface area contributed by atoms with E-state index in [-0.39, 0.29) is 35.3 Å². The fraction of sp³-hybridized carbons (Fsp3) is 0.115. The second-order valence-electron chi connectivity index (χ2n) is 7.86. The minimum absolute atomic E-state index is 0.00834. The number of hydrogen-bond acceptors (Lipinski definition) is 6. The number of carbonyl (C=O) groups excluding carboxylic acids is 1. The summed E-state index contributed by atoms with van der Waals surface area (Å²) in [7, 11) is 0. The van der Waals surface area contributed by atoms with Gasteiger partial charge in [0.2, 0.25) is 0 Å². The number of hydrogen-bond donors (Lipinski definition) is 1. The first kappa shape index (κ1) is 23.5. The lowest BCUT2D eigenvalue weighted by molar-refractivity contribution is -0.384. The van der Waals surface area contributed by atoms with E-state index in [9.17, 15) is 19.3 Å². The highest BCUT2D eigenvalue weighted by molar-refractivity contribution is 6.02. The van der Waals surface area contributed by atoms with Crippen LogP contribution >= 0.6 is 0 Å². The Morgan fingerprint density at radius 3 is 2.31 bits per heavy atom. The summed E-state index contributed by atoms with van der Waals surface area (Å²) in [5, 5.41) is 14.0. The summed E-state index contributed by atoms with van der Waals surface area (Å²) in [5.41, 5.74) is 1.89. The number of nitro benzene ring substituents is 1.